The van der Waals surface area contributed by atoms with E-state index in [0.29, 0.717) is 18.8 Å². The van der Waals surface area contributed by atoms with Crippen molar-refractivity contribution >= 4 is 46.4 Å². The quantitative estimate of drug-likeness (QED) is 0.508. The van der Waals surface area contributed by atoms with Gasteiger partial charge in [0.1, 0.15) is 11.9 Å². The van der Waals surface area contributed by atoms with Gasteiger partial charge in [0.05, 0.1) is 5.52 Å². The predicted octanol–water partition coefficient (Wildman–Crippen LogP) is 2.92. The van der Waals surface area contributed by atoms with Crippen LogP contribution in [0.1, 0.15) is 17.6 Å². The fraction of sp³-hybridized carbons (Fsp3) is 0.360. The van der Waals surface area contributed by atoms with Gasteiger partial charge in [0.15, 0.2) is 0 Å². The van der Waals surface area contributed by atoms with E-state index in [0.717, 1.165) is 43.6 Å². The molecule has 3 aromatic rings. The maximum atomic E-state index is 12.9. The van der Waals surface area contributed by atoms with Crippen LogP contribution in [0.3, 0.4) is 0 Å². The van der Waals surface area contributed by atoms with E-state index < -0.39 is 6.04 Å². The fourth-order valence-electron chi connectivity index (χ4n) is 4.65. The molecule has 1 aromatic heterocycles. The van der Waals surface area contributed by atoms with Crippen molar-refractivity contribution in [2.45, 2.75) is 18.9 Å². The molecule has 1 fully saturated rings. The zero-order valence-corrected chi connectivity index (χ0v) is 19.8. The van der Waals surface area contributed by atoms with Crippen LogP contribution in [0.15, 0.2) is 54.6 Å². The third-order valence-corrected chi connectivity index (χ3v) is 6.80. The zero-order valence-electron chi connectivity index (χ0n) is 18.9. The summed E-state index contributed by atoms with van der Waals surface area (Å²) in [4.78, 5) is 34.4. The Bertz CT molecular complexity index is 1250. The van der Waals surface area contributed by atoms with Crippen molar-refractivity contribution in [3.8, 4) is 0 Å². The highest BCUT2D eigenvalue weighted by Crippen LogP contribution is 2.29. The lowest BCUT2D eigenvalue weighted by Crippen LogP contribution is -2.48. The zero-order chi connectivity index (χ0) is 23.5. The minimum absolute atomic E-state index is 0.0416. The molecule has 2 N–H and O–H groups in total. The summed E-state index contributed by atoms with van der Waals surface area (Å²) in [6.07, 6.45) is 0.684. The number of nitrogens with zero attached hydrogens (tertiary/aromatic N) is 4. The van der Waals surface area contributed by atoms with E-state index in [1.165, 1.54) is 10.3 Å². The third kappa shape index (κ3) is 4.67. The maximum absolute atomic E-state index is 12.9. The third-order valence-electron chi connectivity index (χ3n) is 6.52. The first-order valence-electron chi connectivity index (χ1n) is 11.7. The van der Waals surface area contributed by atoms with Crippen LogP contribution in [-0.2, 0) is 4.79 Å². The Hall–Kier alpha value is -3.30. The number of rotatable bonds is 7. The van der Waals surface area contributed by atoms with Crippen molar-refractivity contribution in [2.75, 3.05) is 49.5 Å². The lowest BCUT2D eigenvalue weighted by Gasteiger charge is -2.36. The topological polar surface area (TPSA) is 82.5 Å². The molecule has 0 bridgehead atoms. The van der Waals surface area contributed by atoms with Gasteiger partial charge in [-0.15, -0.1) is 0 Å². The van der Waals surface area contributed by atoms with E-state index in [4.69, 9.17) is 12.2 Å². The van der Waals surface area contributed by atoms with Crippen LogP contribution in [0.2, 0.25) is 0 Å². The average molecular weight is 477 g/mol. The van der Waals surface area contributed by atoms with Crippen molar-refractivity contribution in [3.05, 3.63) is 59.4 Å². The number of benzene rings is 2. The second kappa shape index (κ2) is 9.90. The molecule has 0 radical (unpaired) electrons. The number of amides is 1. The highest BCUT2D eigenvalue weighted by molar-refractivity contribution is 7.71. The van der Waals surface area contributed by atoms with Crippen LogP contribution in [0, 0.1) is 4.77 Å². The SMILES string of the molecule is O=C(CC[C@@H]1Nc2c3ccccc3nc(=S)n2C1=O)NCCN1CCN(c2ccccc2)CC1. The molecule has 1 saturated heterocycles. The number of carbonyl (C=O) groups is 2. The summed E-state index contributed by atoms with van der Waals surface area (Å²) in [6.45, 7) is 5.36. The highest BCUT2D eigenvalue weighted by atomic mass is 32.1. The second-order valence-electron chi connectivity index (χ2n) is 8.68. The molecule has 0 spiro atoms. The van der Waals surface area contributed by atoms with Crippen LogP contribution in [-0.4, -0.2) is 71.6 Å². The molecular formula is C25H28N6O2S. The average Bonchev–Trinajstić information content (AvgIpc) is 3.21. The molecule has 1 atom stereocenters. The highest BCUT2D eigenvalue weighted by Gasteiger charge is 2.32. The monoisotopic (exact) mass is 476 g/mol. The first-order chi connectivity index (χ1) is 16.6. The fourth-order valence-corrected chi connectivity index (χ4v) is 4.93. The Balaban J connectivity index is 1.07. The van der Waals surface area contributed by atoms with Crippen molar-refractivity contribution in [3.63, 3.8) is 0 Å². The van der Waals surface area contributed by atoms with E-state index in [1.54, 1.807) is 0 Å². The molecule has 2 aliphatic rings. The van der Waals surface area contributed by atoms with Crippen molar-refractivity contribution in [1.29, 1.82) is 0 Å². The molecule has 1 amide bonds. The molecule has 0 unspecified atom stereocenters. The molecule has 176 valence electrons. The number of hydrogen-bond acceptors (Lipinski definition) is 7. The molecule has 9 heteroatoms. The molecule has 0 saturated carbocycles. The molecule has 34 heavy (non-hydrogen) atoms. The molecule has 5 rings (SSSR count). The van der Waals surface area contributed by atoms with Gasteiger partial charge in [-0.1, -0.05) is 30.3 Å². The molecule has 2 aliphatic heterocycles. The van der Waals surface area contributed by atoms with Gasteiger partial charge in [0.2, 0.25) is 10.7 Å². The summed E-state index contributed by atoms with van der Waals surface area (Å²) >= 11 is 5.33. The Kier molecular flexibility index (Phi) is 6.55. The number of piperazine rings is 1. The van der Waals surface area contributed by atoms with Gasteiger partial charge >= 0.3 is 0 Å². The van der Waals surface area contributed by atoms with Gasteiger partial charge in [-0.05, 0) is 42.9 Å². The Morgan fingerprint density at radius 3 is 2.59 bits per heavy atom. The first kappa shape index (κ1) is 22.5. The van der Waals surface area contributed by atoms with Crippen molar-refractivity contribution in [1.82, 2.24) is 19.8 Å². The van der Waals surface area contributed by atoms with E-state index in [2.05, 4.69) is 49.7 Å². The van der Waals surface area contributed by atoms with Crippen LogP contribution < -0.4 is 15.5 Å². The van der Waals surface area contributed by atoms with Gasteiger partial charge in [-0.3, -0.25) is 14.5 Å². The number of hydrogen-bond donors (Lipinski definition) is 2. The van der Waals surface area contributed by atoms with E-state index in [-0.39, 0.29) is 23.0 Å². The largest absolute Gasteiger partial charge is 0.369 e. The molecular weight excluding hydrogens is 448 g/mol. The molecule has 2 aromatic carbocycles. The summed E-state index contributed by atoms with van der Waals surface area (Å²) in [5.41, 5.74) is 2.01. The standard InChI is InChI=1S/C25H28N6O2S/c32-22(26-12-13-29-14-16-30(17-15-29)18-6-2-1-3-7-18)11-10-21-24(33)31-23(27-21)19-8-4-5-9-20(19)28-25(31)34/h1-9,21,27H,10-17H2,(H,26,32)/t21-/m0/s1. The van der Waals surface area contributed by atoms with E-state index in [9.17, 15) is 9.59 Å². The summed E-state index contributed by atoms with van der Waals surface area (Å²) in [6, 6.07) is 17.6. The number of nitrogens with one attached hydrogen (secondary N) is 2. The van der Waals surface area contributed by atoms with Crippen LogP contribution in [0.5, 0.6) is 0 Å². The summed E-state index contributed by atoms with van der Waals surface area (Å²) < 4.78 is 1.69. The number of fused-ring (bicyclic) bond motifs is 3. The van der Waals surface area contributed by atoms with Gasteiger partial charge in [0, 0.05) is 56.8 Å². The second-order valence-corrected chi connectivity index (χ2v) is 9.05. The lowest BCUT2D eigenvalue weighted by atomic mass is 10.1. The summed E-state index contributed by atoms with van der Waals surface area (Å²) in [5.74, 6) is 0.475. The summed E-state index contributed by atoms with van der Waals surface area (Å²) in [7, 11) is 0. The smallest absolute Gasteiger partial charge is 0.257 e. The first-order valence-corrected chi connectivity index (χ1v) is 12.1. The van der Waals surface area contributed by atoms with Crippen molar-refractivity contribution in [2.24, 2.45) is 0 Å². The predicted molar refractivity (Wildman–Crippen MR) is 136 cm³/mol. The van der Waals surface area contributed by atoms with Crippen LogP contribution >= 0.6 is 12.2 Å². The molecule has 3 heterocycles. The van der Waals surface area contributed by atoms with Crippen LogP contribution in [0.4, 0.5) is 11.5 Å². The Morgan fingerprint density at radius 1 is 1.06 bits per heavy atom. The lowest BCUT2D eigenvalue weighted by molar-refractivity contribution is -0.121. The minimum atomic E-state index is -0.480. The van der Waals surface area contributed by atoms with Gasteiger partial charge in [-0.2, -0.15) is 0 Å². The Morgan fingerprint density at radius 2 is 1.79 bits per heavy atom. The Labute approximate surface area is 203 Å². The van der Waals surface area contributed by atoms with Gasteiger partial charge in [0.25, 0.3) is 5.91 Å². The summed E-state index contributed by atoms with van der Waals surface area (Å²) in [5, 5.41) is 7.11. The van der Waals surface area contributed by atoms with Gasteiger partial charge < -0.3 is 15.5 Å². The maximum Gasteiger partial charge on any atom is 0.257 e. The number of para-hydroxylation sites is 2. The molecule has 8 nitrogen and oxygen atoms in total. The van der Waals surface area contributed by atoms with E-state index in [1.807, 2.05) is 30.3 Å². The van der Waals surface area contributed by atoms with Crippen LogP contribution in [0.25, 0.3) is 10.9 Å². The number of carbonyl (C=O) groups excluding carboxylic acids is 2. The number of anilines is 2. The van der Waals surface area contributed by atoms with Crippen molar-refractivity contribution < 1.29 is 9.59 Å². The minimum Gasteiger partial charge on any atom is -0.369 e. The van der Waals surface area contributed by atoms with E-state index >= 15 is 0 Å². The molecule has 0 aliphatic carbocycles. The van der Waals surface area contributed by atoms with Gasteiger partial charge in [-0.25, -0.2) is 9.55 Å². The normalized spacial score (nSPS) is 18.1. The number of aromatic nitrogens is 2.